The lowest BCUT2D eigenvalue weighted by Crippen LogP contribution is -2.29. The molecule has 1 saturated heterocycles. The molecule has 0 bridgehead atoms. The molecule has 0 aliphatic carbocycles. The molecule has 2 nitrogen and oxygen atoms in total. The van der Waals surface area contributed by atoms with Crippen molar-refractivity contribution in [2.75, 3.05) is 16.8 Å². The Morgan fingerprint density at radius 2 is 1.76 bits per heavy atom. The summed E-state index contributed by atoms with van der Waals surface area (Å²) in [6.07, 6.45) is 1.69. The van der Waals surface area contributed by atoms with Gasteiger partial charge >= 0.3 is 0 Å². The lowest BCUT2D eigenvalue weighted by Gasteiger charge is -2.23. The smallest absolute Gasteiger partial charge is 0.160 e. The Labute approximate surface area is 112 Å². The molecular weight excluding hydrogens is 284 g/mol. The summed E-state index contributed by atoms with van der Waals surface area (Å²) in [6.45, 7) is 0. The summed E-state index contributed by atoms with van der Waals surface area (Å²) in [7, 11) is -0.683. The standard InChI is InChI=1S/C11H12Cl2FNOS/c12-9-5-8(6-10(13)11(9)14)15-7-1-3-17(16)4-2-7/h5-7,15H,1-4H2. The maximum Gasteiger partial charge on any atom is 0.160 e. The number of nitrogens with one attached hydrogen (secondary N) is 1. The predicted octanol–water partition coefficient (Wildman–Crippen LogP) is 3.46. The van der Waals surface area contributed by atoms with Crippen LogP contribution < -0.4 is 5.32 Å². The predicted molar refractivity (Wildman–Crippen MR) is 70.9 cm³/mol. The van der Waals surface area contributed by atoms with Crippen LogP contribution in [0.3, 0.4) is 0 Å². The minimum Gasteiger partial charge on any atom is -0.382 e. The first-order valence-electron chi connectivity index (χ1n) is 5.32. The molecule has 1 aromatic carbocycles. The van der Waals surface area contributed by atoms with Gasteiger partial charge < -0.3 is 5.32 Å². The van der Waals surface area contributed by atoms with Gasteiger partial charge in [-0.15, -0.1) is 0 Å². The summed E-state index contributed by atoms with van der Waals surface area (Å²) >= 11 is 11.4. The van der Waals surface area contributed by atoms with Gasteiger partial charge in [-0.1, -0.05) is 23.2 Å². The topological polar surface area (TPSA) is 29.1 Å². The number of benzene rings is 1. The van der Waals surface area contributed by atoms with E-state index in [4.69, 9.17) is 23.2 Å². The molecule has 0 unspecified atom stereocenters. The van der Waals surface area contributed by atoms with Crippen molar-refractivity contribution < 1.29 is 8.60 Å². The van der Waals surface area contributed by atoms with Crippen molar-refractivity contribution >= 4 is 39.7 Å². The molecule has 0 aromatic heterocycles. The van der Waals surface area contributed by atoms with E-state index in [9.17, 15) is 8.60 Å². The molecule has 17 heavy (non-hydrogen) atoms. The third-order valence-corrected chi connectivity index (χ3v) is 4.67. The fourth-order valence-electron chi connectivity index (χ4n) is 1.81. The Morgan fingerprint density at radius 3 is 2.29 bits per heavy atom. The highest BCUT2D eigenvalue weighted by Gasteiger charge is 2.18. The van der Waals surface area contributed by atoms with Crippen LogP contribution in [0.4, 0.5) is 10.1 Å². The highest BCUT2D eigenvalue weighted by molar-refractivity contribution is 7.85. The minimum absolute atomic E-state index is 0.0133. The highest BCUT2D eigenvalue weighted by Crippen LogP contribution is 2.28. The lowest BCUT2D eigenvalue weighted by molar-refractivity contribution is 0.621. The number of rotatable bonds is 2. The molecule has 1 N–H and O–H groups in total. The van der Waals surface area contributed by atoms with Gasteiger partial charge in [0.15, 0.2) is 5.82 Å². The van der Waals surface area contributed by atoms with Crippen molar-refractivity contribution in [2.24, 2.45) is 0 Å². The minimum atomic E-state index is -0.683. The highest BCUT2D eigenvalue weighted by atomic mass is 35.5. The largest absolute Gasteiger partial charge is 0.382 e. The Morgan fingerprint density at radius 1 is 1.24 bits per heavy atom. The van der Waals surface area contributed by atoms with Crippen molar-refractivity contribution in [3.8, 4) is 0 Å². The van der Waals surface area contributed by atoms with Crippen LogP contribution in [-0.2, 0) is 10.8 Å². The molecule has 1 fully saturated rings. The second kappa shape index (κ2) is 5.55. The fraction of sp³-hybridized carbons (Fsp3) is 0.455. The molecule has 0 radical (unpaired) electrons. The van der Waals surface area contributed by atoms with Gasteiger partial charge in [-0.2, -0.15) is 0 Å². The van der Waals surface area contributed by atoms with Crippen LogP contribution in [0.15, 0.2) is 12.1 Å². The van der Waals surface area contributed by atoms with E-state index in [1.165, 1.54) is 12.1 Å². The summed E-state index contributed by atoms with van der Waals surface area (Å²) in [4.78, 5) is 0. The first kappa shape index (κ1) is 13.1. The van der Waals surface area contributed by atoms with Gasteiger partial charge in [0, 0.05) is 34.0 Å². The number of hydrogen-bond donors (Lipinski definition) is 1. The van der Waals surface area contributed by atoms with Gasteiger partial charge in [-0.25, -0.2) is 4.39 Å². The van der Waals surface area contributed by atoms with Crippen molar-refractivity contribution in [3.05, 3.63) is 28.0 Å². The average molecular weight is 296 g/mol. The van der Waals surface area contributed by atoms with E-state index in [1.807, 2.05) is 0 Å². The van der Waals surface area contributed by atoms with Crippen molar-refractivity contribution in [1.82, 2.24) is 0 Å². The second-order valence-electron chi connectivity index (χ2n) is 4.02. The zero-order valence-corrected chi connectivity index (χ0v) is 11.3. The summed E-state index contributed by atoms with van der Waals surface area (Å²) < 4.78 is 24.4. The quantitative estimate of drug-likeness (QED) is 0.847. The zero-order chi connectivity index (χ0) is 12.4. The molecule has 2 rings (SSSR count). The SMILES string of the molecule is O=S1CCC(Nc2cc(Cl)c(F)c(Cl)c2)CC1. The monoisotopic (exact) mass is 295 g/mol. The summed E-state index contributed by atoms with van der Waals surface area (Å²) in [5.41, 5.74) is 0.707. The molecule has 0 atom stereocenters. The first-order valence-corrected chi connectivity index (χ1v) is 7.56. The Hall–Kier alpha value is -0.320. The van der Waals surface area contributed by atoms with Gasteiger partial charge in [0.25, 0.3) is 0 Å². The van der Waals surface area contributed by atoms with Crippen molar-refractivity contribution in [2.45, 2.75) is 18.9 Å². The van der Waals surface area contributed by atoms with Crippen LogP contribution in [0, 0.1) is 5.82 Å². The van der Waals surface area contributed by atoms with E-state index in [0.29, 0.717) is 17.2 Å². The average Bonchev–Trinajstić information content (AvgIpc) is 2.29. The van der Waals surface area contributed by atoms with Gasteiger partial charge in [-0.3, -0.25) is 4.21 Å². The third-order valence-electron chi connectivity index (χ3n) is 2.74. The van der Waals surface area contributed by atoms with Crippen LogP contribution >= 0.6 is 23.2 Å². The van der Waals surface area contributed by atoms with Crippen LogP contribution in [0.2, 0.25) is 10.0 Å². The maximum atomic E-state index is 13.2. The molecule has 1 heterocycles. The molecule has 0 saturated carbocycles. The Bertz CT molecular complexity index is 422. The summed E-state index contributed by atoms with van der Waals surface area (Å²) in [5, 5.41) is 3.27. The number of halogens is 3. The molecule has 1 aliphatic rings. The van der Waals surface area contributed by atoms with Crippen LogP contribution in [-0.4, -0.2) is 21.8 Å². The van der Waals surface area contributed by atoms with E-state index >= 15 is 0 Å². The third kappa shape index (κ3) is 3.33. The molecule has 0 spiro atoms. The molecular formula is C11H12Cl2FNOS. The van der Waals surface area contributed by atoms with E-state index in [2.05, 4.69) is 5.32 Å². The summed E-state index contributed by atoms with van der Waals surface area (Å²) in [5.74, 6) is 0.823. The number of hydrogen-bond acceptors (Lipinski definition) is 2. The van der Waals surface area contributed by atoms with E-state index in [0.717, 1.165) is 12.8 Å². The van der Waals surface area contributed by atoms with E-state index in [-0.39, 0.29) is 16.1 Å². The zero-order valence-electron chi connectivity index (χ0n) is 9.01. The van der Waals surface area contributed by atoms with Gasteiger partial charge in [0.1, 0.15) is 0 Å². The fourth-order valence-corrected chi connectivity index (χ4v) is 3.60. The van der Waals surface area contributed by atoms with Crippen LogP contribution in [0.5, 0.6) is 0 Å². The van der Waals surface area contributed by atoms with E-state index < -0.39 is 16.6 Å². The number of anilines is 1. The van der Waals surface area contributed by atoms with Crippen molar-refractivity contribution in [1.29, 1.82) is 0 Å². The second-order valence-corrected chi connectivity index (χ2v) is 6.53. The van der Waals surface area contributed by atoms with Crippen LogP contribution in [0.1, 0.15) is 12.8 Å². The molecule has 0 amide bonds. The normalized spacial score (nSPS) is 24.6. The van der Waals surface area contributed by atoms with Crippen molar-refractivity contribution in [3.63, 3.8) is 0 Å². The summed E-state index contributed by atoms with van der Waals surface area (Å²) in [6, 6.07) is 3.30. The molecule has 1 aromatic rings. The van der Waals surface area contributed by atoms with Gasteiger partial charge in [0.2, 0.25) is 0 Å². The van der Waals surface area contributed by atoms with E-state index in [1.54, 1.807) is 0 Å². The first-order chi connectivity index (χ1) is 8.06. The maximum absolute atomic E-state index is 13.2. The van der Waals surface area contributed by atoms with Gasteiger partial charge in [-0.05, 0) is 25.0 Å². The Balaban J connectivity index is 2.06. The van der Waals surface area contributed by atoms with Crippen LogP contribution in [0.25, 0.3) is 0 Å². The molecule has 94 valence electrons. The Kier molecular flexibility index (Phi) is 4.28. The molecule has 1 aliphatic heterocycles. The van der Waals surface area contributed by atoms with Gasteiger partial charge in [0.05, 0.1) is 10.0 Å². The lowest BCUT2D eigenvalue weighted by atomic mass is 10.1. The molecule has 6 heteroatoms.